The molecule has 1 saturated carbocycles. The van der Waals surface area contributed by atoms with Crippen molar-refractivity contribution in [3.05, 3.63) is 12.7 Å². The van der Waals surface area contributed by atoms with Crippen LogP contribution in [0.5, 0.6) is 0 Å². The first-order valence-electron chi connectivity index (χ1n) is 4.65. The lowest BCUT2D eigenvalue weighted by atomic mass is 9.79. The maximum absolute atomic E-state index is 11.7. The van der Waals surface area contributed by atoms with E-state index < -0.39 is 0 Å². The SMILES string of the molecule is C=CCC1CC(C)C(=O)C1(C)C. The lowest BCUT2D eigenvalue weighted by Gasteiger charge is -2.23. The molecule has 0 heterocycles. The molecule has 1 rings (SSSR count). The van der Waals surface area contributed by atoms with Crippen molar-refractivity contribution in [1.29, 1.82) is 0 Å². The quantitative estimate of drug-likeness (QED) is 0.576. The molecule has 12 heavy (non-hydrogen) atoms. The van der Waals surface area contributed by atoms with Crippen molar-refractivity contribution in [3.8, 4) is 0 Å². The summed E-state index contributed by atoms with van der Waals surface area (Å²) in [5.74, 6) is 1.19. The van der Waals surface area contributed by atoms with E-state index in [0.717, 1.165) is 12.8 Å². The Labute approximate surface area is 74.9 Å². The van der Waals surface area contributed by atoms with Crippen LogP contribution in [0.1, 0.15) is 33.6 Å². The smallest absolute Gasteiger partial charge is 0.141 e. The molecule has 0 saturated heterocycles. The molecule has 0 aromatic rings. The van der Waals surface area contributed by atoms with Crippen LogP contribution >= 0.6 is 0 Å². The molecule has 0 amide bonds. The highest BCUT2D eigenvalue weighted by molar-refractivity contribution is 5.88. The predicted octanol–water partition coefficient (Wildman–Crippen LogP) is 2.81. The minimum absolute atomic E-state index is 0.117. The van der Waals surface area contributed by atoms with Gasteiger partial charge in [-0.25, -0.2) is 0 Å². The maximum Gasteiger partial charge on any atom is 0.141 e. The van der Waals surface area contributed by atoms with Crippen LogP contribution in [-0.4, -0.2) is 5.78 Å². The van der Waals surface area contributed by atoms with E-state index in [-0.39, 0.29) is 11.3 Å². The van der Waals surface area contributed by atoms with Gasteiger partial charge >= 0.3 is 0 Å². The van der Waals surface area contributed by atoms with E-state index in [1.807, 2.05) is 13.0 Å². The first kappa shape index (κ1) is 9.50. The predicted molar refractivity (Wildman–Crippen MR) is 50.9 cm³/mol. The molecule has 1 aliphatic carbocycles. The van der Waals surface area contributed by atoms with Crippen LogP contribution in [-0.2, 0) is 4.79 Å². The van der Waals surface area contributed by atoms with E-state index in [2.05, 4.69) is 20.4 Å². The van der Waals surface area contributed by atoms with Crippen LogP contribution in [0.2, 0.25) is 0 Å². The summed E-state index contributed by atoms with van der Waals surface area (Å²) >= 11 is 0. The second-order valence-corrected chi connectivity index (χ2v) is 4.44. The van der Waals surface area contributed by atoms with Crippen molar-refractivity contribution in [2.45, 2.75) is 33.6 Å². The molecule has 0 aromatic heterocycles. The maximum atomic E-state index is 11.7. The molecule has 1 nitrogen and oxygen atoms in total. The first-order chi connectivity index (χ1) is 5.50. The summed E-state index contributed by atoms with van der Waals surface area (Å²) in [5, 5.41) is 0. The zero-order valence-electron chi connectivity index (χ0n) is 8.26. The lowest BCUT2D eigenvalue weighted by molar-refractivity contribution is -0.127. The molecule has 0 N–H and O–H groups in total. The largest absolute Gasteiger partial charge is 0.299 e. The number of allylic oxidation sites excluding steroid dienone is 1. The summed E-state index contributed by atoms with van der Waals surface area (Å²) in [7, 11) is 0. The van der Waals surface area contributed by atoms with Crippen molar-refractivity contribution in [1.82, 2.24) is 0 Å². The topological polar surface area (TPSA) is 17.1 Å². The fraction of sp³-hybridized carbons (Fsp3) is 0.727. The highest BCUT2D eigenvalue weighted by Gasteiger charge is 2.45. The van der Waals surface area contributed by atoms with E-state index in [1.54, 1.807) is 0 Å². The van der Waals surface area contributed by atoms with Crippen LogP contribution in [0, 0.1) is 17.3 Å². The van der Waals surface area contributed by atoms with Crippen LogP contribution in [0.15, 0.2) is 12.7 Å². The van der Waals surface area contributed by atoms with Crippen LogP contribution in [0.25, 0.3) is 0 Å². The van der Waals surface area contributed by atoms with E-state index in [1.165, 1.54) is 0 Å². The van der Waals surface area contributed by atoms with E-state index >= 15 is 0 Å². The summed E-state index contributed by atoms with van der Waals surface area (Å²) in [5.41, 5.74) is -0.117. The van der Waals surface area contributed by atoms with Crippen molar-refractivity contribution in [2.75, 3.05) is 0 Å². The van der Waals surface area contributed by atoms with Gasteiger partial charge in [-0.3, -0.25) is 4.79 Å². The van der Waals surface area contributed by atoms with Gasteiger partial charge in [0.2, 0.25) is 0 Å². The van der Waals surface area contributed by atoms with Gasteiger partial charge in [0.05, 0.1) is 0 Å². The summed E-state index contributed by atoms with van der Waals surface area (Å²) in [6, 6.07) is 0. The molecule has 1 heteroatoms. The number of ketones is 1. The molecular weight excluding hydrogens is 148 g/mol. The van der Waals surface area contributed by atoms with Crippen molar-refractivity contribution in [3.63, 3.8) is 0 Å². The highest BCUT2D eigenvalue weighted by atomic mass is 16.1. The van der Waals surface area contributed by atoms with Gasteiger partial charge in [-0.05, 0) is 18.8 Å². The number of Topliss-reactive ketones (excluding diaryl/α,β-unsaturated/α-hetero) is 1. The van der Waals surface area contributed by atoms with E-state index in [4.69, 9.17) is 0 Å². The molecule has 1 aliphatic rings. The number of carbonyl (C=O) groups is 1. The Bertz CT molecular complexity index is 203. The Hall–Kier alpha value is -0.590. The molecule has 1 fully saturated rings. The Morgan fingerprint density at radius 1 is 1.67 bits per heavy atom. The fourth-order valence-electron chi connectivity index (χ4n) is 2.26. The highest BCUT2D eigenvalue weighted by Crippen LogP contribution is 2.44. The number of hydrogen-bond acceptors (Lipinski definition) is 1. The van der Waals surface area contributed by atoms with Crippen LogP contribution < -0.4 is 0 Å². The van der Waals surface area contributed by atoms with Gasteiger partial charge in [-0.1, -0.05) is 26.8 Å². The van der Waals surface area contributed by atoms with Crippen molar-refractivity contribution >= 4 is 5.78 Å². The van der Waals surface area contributed by atoms with Crippen molar-refractivity contribution < 1.29 is 4.79 Å². The van der Waals surface area contributed by atoms with Gasteiger partial charge < -0.3 is 0 Å². The number of rotatable bonds is 2. The zero-order chi connectivity index (χ0) is 9.35. The summed E-state index contributed by atoms with van der Waals surface area (Å²) in [4.78, 5) is 11.7. The third-order valence-corrected chi connectivity index (χ3v) is 3.19. The monoisotopic (exact) mass is 166 g/mol. The molecule has 2 unspecified atom stereocenters. The minimum Gasteiger partial charge on any atom is -0.299 e. The molecule has 68 valence electrons. The Morgan fingerprint density at radius 2 is 2.25 bits per heavy atom. The van der Waals surface area contributed by atoms with Gasteiger partial charge in [0.1, 0.15) is 5.78 Å². The van der Waals surface area contributed by atoms with Crippen LogP contribution in [0.3, 0.4) is 0 Å². The molecule has 0 bridgehead atoms. The minimum atomic E-state index is -0.117. The molecule has 0 radical (unpaired) electrons. The summed E-state index contributed by atoms with van der Waals surface area (Å²) < 4.78 is 0. The summed E-state index contributed by atoms with van der Waals surface area (Å²) in [6.07, 6.45) is 3.94. The van der Waals surface area contributed by atoms with Gasteiger partial charge in [0.15, 0.2) is 0 Å². The van der Waals surface area contributed by atoms with Crippen molar-refractivity contribution in [2.24, 2.45) is 17.3 Å². The number of carbonyl (C=O) groups excluding carboxylic acids is 1. The molecule has 0 aliphatic heterocycles. The standard InChI is InChI=1S/C11H18O/c1-5-6-9-7-8(2)10(12)11(9,3)4/h5,8-9H,1,6-7H2,2-4H3. The van der Waals surface area contributed by atoms with Gasteiger partial charge in [-0.15, -0.1) is 6.58 Å². The third kappa shape index (κ3) is 1.33. The lowest BCUT2D eigenvalue weighted by Crippen LogP contribution is -2.26. The second kappa shape index (κ2) is 3.04. The Kier molecular flexibility index (Phi) is 2.41. The average Bonchev–Trinajstić information content (AvgIpc) is 2.17. The number of hydrogen-bond donors (Lipinski definition) is 0. The molecule has 2 atom stereocenters. The Morgan fingerprint density at radius 3 is 2.58 bits per heavy atom. The third-order valence-electron chi connectivity index (χ3n) is 3.19. The Balaban J connectivity index is 2.79. The second-order valence-electron chi connectivity index (χ2n) is 4.44. The fourth-order valence-corrected chi connectivity index (χ4v) is 2.26. The van der Waals surface area contributed by atoms with Gasteiger partial charge in [0.25, 0.3) is 0 Å². The molecular formula is C11H18O. The van der Waals surface area contributed by atoms with E-state index in [9.17, 15) is 4.79 Å². The first-order valence-corrected chi connectivity index (χ1v) is 4.65. The summed E-state index contributed by atoms with van der Waals surface area (Å²) in [6.45, 7) is 9.89. The molecule has 0 aromatic carbocycles. The van der Waals surface area contributed by atoms with Gasteiger partial charge in [0, 0.05) is 11.3 Å². The van der Waals surface area contributed by atoms with Crippen LogP contribution in [0.4, 0.5) is 0 Å². The van der Waals surface area contributed by atoms with E-state index in [0.29, 0.717) is 11.7 Å². The van der Waals surface area contributed by atoms with Gasteiger partial charge in [-0.2, -0.15) is 0 Å². The zero-order valence-corrected chi connectivity index (χ0v) is 8.26. The average molecular weight is 166 g/mol. The normalized spacial score (nSPS) is 33.8. The molecule has 0 spiro atoms.